The number of nitrogens with one attached hydrogen (secondary N) is 2. The second-order valence-electron chi connectivity index (χ2n) is 4.01. The summed E-state index contributed by atoms with van der Waals surface area (Å²) in [5, 5.41) is 8.88. The zero-order valence-electron chi connectivity index (χ0n) is 11.5. The average molecular weight is 290 g/mol. The van der Waals surface area contributed by atoms with Crippen LogP contribution < -0.4 is 10.1 Å². The molecular formula is C13H14N4O4. The molecule has 2 N–H and O–H groups in total. The lowest BCUT2D eigenvalue weighted by molar-refractivity contribution is -0.139. The number of para-hydroxylation sites is 1. The van der Waals surface area contributed by atoms with E-state index in [1.807, 2.05) is 0 Å². The summed E-state index contributed by atoms with van der Waals surface area (Å²) in [6, 6.07) is 6.78. The van der Waals surface area contributed by atoms with Gasteiger partial charge in [0.05, 0.1) is 19.8 Å². The highest BCUT2D eigenvalue weighted by molar-refractivity contribution is 6.05. The molecule has 110 valence electrons. The molecule has 0 bridgehead atoms. The van der Waals surface area contributed by atoms with Crippen LogP contribution in [0.5, 0.6) is 5.75 Å². The molecule has 0 unspecified atom stereocenters. The van der Waals surface area contributed by atoms with Crippen molar-refractivity contribution in [1.29, 1.82) is 0 Å². The first-order chi connectivity index (χ1) is 10.1. The van der Waals surface area contributed by atoms with Gasteiger partial charge in [-0.05, 0) is 12.1 Å². The predicted molar refractivity (Wildman–Crippen MR) is 73.0 cm³/mol. The van der Waals surface area contributed by atoms with Crippen LogP contribution in [0.2, 0.25) is 0 Å². The number of benzene rings is 1. The van der Waals surface area contributed by atoms with E-state index >= 15 is 0 Å². The lowest BCUT2D eigenvalue weighted by Gasteiger charge is -2.06. The van der Waals surface area contributed by atoms with Crippen molar-refractivity contribution in [2.24, 2.45) is 0 Å². The molecular weight excluding hydrogens is 276 g/mol. The van der Waals surface area contributed by atoms with Gasteiger partial charge in [0.15, 0.2) is 0 Å². The van der Waals surface area contributed by atoms with Crippen molar-refractivity contribution in [2.45, 2.75) is 6.42 Å². The fourth-order valence-electron chi connectivity index (χ4n) is 1.64. The molecule has 0 aliphatic carbocycles. The highest BCUT2D eigenvalue weighted by Crippen LogP contribution is 2.18. The molecule has 8 heteroatoms. The minimum absolute atomic E-state index is 0.0476. The Labute approximate surface area is 120 Å². The largest absolute Gasteiger partial charge is 0.496 e. The highest BCUT2D eigenvalue weighted by Gasteiger charge is 2.15. The van der Waals surface area contributed by atoms with Crippen LogP contribution >= 0.6 is 0 Å². The molecule has 0 saturated heterocycles. The summed E-state index contributed by atoms with van der Waals surface area (Å²) >= 11 is 0. The molecule has 2 aromatic rings. The minimum atomic E-state index is -0.450. The van der Waals surface area contributed by atoms with Crippen LogP contribution in [0.4, 0.5) is 5.95 Å². The number of methoxy groups -OCH3 is 2. The summed E-state index contributed by atoms with van der Waals surface area (Å²) in [5.74, 6) is -0.0351. The normalized spacial score (nSPS) is 10.0. The van der Waals surface area contributed by atoms with Gasteiger partial charge >= 0.3 is 5.97 Å². The Hall–Kier alpha value is -2.90. The number of aromatic amines is 1. The zero-order valence-corrected chi connectivity index (χ0v) is 11.5. The average Bonchev–Trinajstić information content (AvgIpc) is 2.93. The monoisotopic (exact) mass is 290 g/mol. The van der Waals surface area contributed by atoms with Crippen molar-refractivity contribution in [3.05, 3.63) is 35.7 Å². The van der Waals surface area contributed by atoms with Gasteiger partial charge < -0.3 is 9.47 Å². The number of aromatic nitrogens is 3. The van der Waals surface area contributed by atoms with Gasteiger partial charge in [-0.15, -0.1) is 5.10 Å². The standard InChI is InChI=1S/C13H14N4O4/c1-20-9-6-4-3-5-8(9)12(19)15-13-14-10(16-17-13)7-11(18)21-2/h3-6H,7H2,1-2H3,(H2,14,15,16,17,19). The minimum Gasteiger partial charge on any atom is -0.496 e. The number of esters is 1. The van der Waals surface area contributed by atoms with Crippen LogP contribution in [-0.4, -0.2) is 41.3 Å². The van der Waals surface area contributed by atoms with Gasteiger partial charge in [0.25, 0.3) is 5.91 Å². The van der Waals surface area contributed by atoms with Gasteiger partial charge in [-0.2, -0.15) is 4.98 Å². The third kappa shape index (κ3) is 3.56. The number of hydrogen-bond acceptors (Lipinski definition) is 6. The number of rotatable bonds is 5. The molecule has 0 atom stereocenters. The number of anilines is 1. The summed E-state index contributed by atoms with van der Waals surface area (Å²) in [5.41, 5.74) is 0.360. The Morgan fingerprint density at radius 2 is 2.05 bits per heavy atom. The summed E-state index contributed by atoms with van der Waals surface area (Å²) in [6.07, 6.45) is -0.0476. The van der Waals surface area contributed by atoms with Crippen molar-refractivity contribution >= 4 is 17.8 Å². The molecule has 1 aromatic heterocycles. The second kappa shape index (κ2) is 6.51. The van der Waals surface area contributed by atoms with Gasteiger partial charge in [0.2, 0.25) is 5.95 Å². The number of hydrogen-bond donors (Lipinski definition) is 2. The first-order valence-electron chi connectivity index (χ1n) is 6.06. The van der Waals surface area contributed by atoms with Crippen LogP contribution in [0.25, 0.3) is 0 Å². The number of H-pyrrole nitrogens is 1. The summed E-state index contributed by atoms with van der Waals surface area (Å²) in [6.45, 7) is 0. The highest BCUT2D eigenvalue weighted by atomic mass is 16.5. The molecule has 0 spiro atoms. The Bertz CT molecular complexity index is 653. The van der Waals surface area contributed by atoms with E-state index in [2.05, 4.69) is 25.2 Å². The number of carbonyl (C=O) groups is 2. The quantitative estimate of drug-likeness (QED) is 0.788. The van der Waals surface area contributed by atoms with Crippen LogP contribution in [0.1, 0.15) is 16.2 Å². The maximum Gasteiger partial charge on any atom is 0.313 e. The topological polar surface area (TPSA) is 106 Å². The fourth-order valence-corrected chi connectivity index (χ4v) is 1.64. The molecule has 1 amide bonds. The van der Waals surface area contributed by atoms with E-state index in [-0.39, 0.29) is 12.4 Å². The lowest BCUT2D eigenvalue weighted by Crippen LogP contribution is -2.14. The molecule has 1 aromatic carbocycles. The number of nitrogens with zero attached hydrogens (tertiary/aromatic N) is 2. The molecule has 0 aliphatic heterocycles. The molecule has 1 heterocycles. The van der Waals surface area contributed by atoms with Crippen molar-refractivity contribution < 1.29 is 19.1 Å². The first kappa shape index (κ1) is 14.5. The molecule has 8 nitrogen and oxygen atoms in total. The third-order valence-electron chi connectivity index (χ3n) is 2.65. The van der Waals surface area contributed by atoms with E-state index in [0.717, 1.165) is 0 Å². The lowest BCUT2D eigenvalue weighted by atomic mass is 10.2. The Morgan fingerprint density at radius 3 is 2.76 bits per heavy atom. The Morgan fingerprint density at radius 1 is 1.29 bits per heavy atom. The maximum absolute atomic E-state index is 12.1. The summed E-state index contributed by atoms with van der Waals surface area (Å²) in [4.78, 5) is 27.2. The SMILES string of the molecule is COC(=O)Cc1nc(NC(=O)c2ccccc2OC)n[nH]1. The van der Waals surface area contributed by atoms with E-state index in [1.54, 1.807) is 24.3 Å². The van der Waals surface area contributed by atoms with Crippen LogP contribution in [0, 0.1) is 0 Å². The van der Waals surface area contributed by atoms with Crippen molar-refractivity contribution in [1.82, 2.24) is 15.2 Å². The van der Waals surface area contributed by atoms with Crippen molar-refractivity contribution in [3.63, 3.8) is 0 Å². The smallest absolute Gasteiger partial charge is 0.313 e. The van der Waals surface area contributed by atoms with Crippen molar-refractivity contribution in [2.75, 3.05) is 19.5 Å². The van der Waals surface area contributed by atoms with Gasteiger partial charge in [0.1, 0.15) is 18.0 Å². The molecule has 0 fully saturated rings. The predicted octanol–water partition coefficient (Wildman–Crippen LogP) is 0.781. The number of amides is 1. The number of ether oxygens (including phenoxy) is 2. The Balaban J connectivity index is 2.08. The van der Waals surface area contributed by atoms with E-state index in [1.165, 1.54) is 14.2 Å². The molecule has 21 heavy (non-hydrogen) atoms. The van der Waals surface area contributed by atoms with Gasteiger partial charge in [-0.3, -0.25) is 20.0 Å². The first-order valence-corrected chi connectivity index (χ1v) is 6.06. The van der Waals surface area contributed by atoms with Gasteiger partial charge in [-0.25, -0.2) is 0 Å². The van der Waals surface area contributed by atoms with E-state index in [9.17, 15) is 9.59 Å². The Kier molecular flexibility index (Phi) is 4.50. The van der Waals surface area contributed by atoms with Gasteiger partial charge in [-0.1, -0.05) is 12.1 Å². The van der Waals surface area contributed by atoms with Gasteiger partial charge in [0, 0.05) is 0 Å². The molecule has 0 aliphatic rings. The summed E-state index contributed by atoms with van der Waals surface area (Å²) in [7, 11) is 2.76. The van der Waals surface area contributed by atoms with E-state index in [0.29, 0.717) is 17.1 Å². The van der Waals surface area contributed by atoms with Crippen LogP contribution in [0.15, 0.2) is 24.3 Å². The maximum atomic E-state index is 12.1. The molecule has 0 radical (unpaired) electrons. The third-order valence-corrected chi connectivity index (χ3v) is 2.65. The zero-order chi connectivity index (χ0) is 15.2. The van der Waals surface area contributed by atoms with E-state index < -0.39 is 11.9 Å². The fraction of sp³-hybridized carbons (Fsp3) is 0.231. The second-order valence-corrected chi connectivity index (χ2v) is 4.01. The van der Waals surface area contributed by atoms with Crippen LogP contribution in [-0.2, 0) is 16.0 Å². The van der Waals surface area contributed by atoms with Crippen LogP contribution in [0.3, 0.4) is 0 Å². The number of carbonyl (C=O) groups excluding carboxylic acids is 2. The molecule has 0 saturated carbocycles. The summed E-state index contributed by atoms with van der Waals surface area (Å²) < 4.78 is 9.62. The van der Waals surface area contributed by atoms with E-state index in [4.69, 9.17) is 4.74 Å². The van der Waals surface area contributed by atoms with Crippen molar-refractivity contribution in [3.8, 4) is 5.75 Å². The molecule has 2 rings (SSSR count).